The summed E-state index contributed by atoms with van der Waals surface area (Å²) >= 11 is 12.1. The van der Waals surface area contributed by atoms with Gasteiger partial charge >= 0.3 is 0 Å². The molecular formula is C18H20Cl2N2OSi. The molecule has 0 saturated heterocycles. The zero-order valence-corrected chi connectivity index (χ0v) is 16.7. The minimum absolute atomic E-state index is 0.281. The normalized spacial score (nSPS) is 15.2. The van der Waals surface area contributed by atoms with Gasteiger partial charge in [0.05, 0.1) is 24.2 Å². The average Bonchev–Trinajstić information content (AvgIpc) is 2.55. The summed E-state index contributed by atoms with van der Waals surface area (Å²) in [7, 11) is -1.89. The number of nitriles is 1. The van der Waals surface area contributed by atoms with Crippen LogP contribution in [0.5, 0.6) is 5.75 Å². The van der Waals surface area contributed by atoms with Crippen LogP contribution in [0.1, 0.15) is 12.5 Å². The lowest BCUT2D eigenvalue weighted by Crippen LogP contribution is -2.55. The van der Waals surface area contributed by atoms with E-state index in [9.17, 15) is 5.26 Å². The van der Waals surface area contributed by atoms with Crippen LogP contribution in [0.15, 0.2) is 42.7 Å². The van der Waals surface area contributed by atoms with E-state index in [0.717, 1.165) is 5.56 Å². The maximum absolute atomic E-state index is 9.97. The Morgan fingerprint density at radius 2 is 1.92 bits per heavy atom. The Morgan fingerprint density at radius 3 is 2.42 bits per heavy atom. The summed E-state index contributed by atoms with van der Waals surface area (Å²) in [6, 6.07) is 11.4. The third kappa shape index (κ3) is 3.92. The molecule has 1 heterocycles. The van der Waals surface area contributed by atoms with Gasteiger partial charge < -0.3 is 4.74 Å². The molecule has 0 radical (unpaired) electrons. The number of nitrogens with zero attached hydrogens (tertiary/aromatic N) is 2. The van der Waals surface area contributed by atoms with E-state index in [1.807, 2.05) is 19.1 Å². The molecule has 0 aliphatic carbocycles. The highest BCUT2D eigenvalue weighted by Crippen LogP contribution is 2.36. The van der Waals surface area contributed by atoms with Gasteiger partial charge in [-0.05, 0) is 30.7 Å². The Labute approximate surface area is 154 Å². The lowest BCUT2D eigenvalue weighted by Gasteiger charge is -2.39. The van der Waals surface area contributed by atoms with Gasteiger partial charge in [0.1, 0.15) is 16.9 Å². The number of rotatable bonds is 5. The van der Waals surface area contributed by atoms with Crippen LogP contribution in [0.2, 0.25) is 29.7 Å². The fourth-order valence-electron chi connectivity index (χ4n) is 2.79. The molecule has 0 saturated carbocycles. The molecule has 0 N–H and O–H groups in total. The number of aromatic nitrogens is 1. The molecule has 2 atom stereocenters. The van der Waals surface area contributed by atoms with Crippen molar-refractivity contribution < 1.29 is 4.74 Å². The van der Waals surface area contributed by atoms with Crippen LogP contribution in [0.3, 0.4) is 0 Å². The van der Waals surface area contributed by atoms with Crippen molar-refractivity contribution in [3.8, 4) is 11.8 Å². The Hall–Kier alpha value is -1.54. The van der Waals surface area contributed by atoms with Crippen molar-refractivity contribution >= 4 is 31.3 Å². The first-order valence-corrected chi connectivity index (χ1v) is 12.0. The number of halogens is 2. The van der Waals surface area contributed by atoms with Crippen LogP contribution in [-0.4, -0.2) is 18.8 Å². The molecule has 6 heteroatoms. The van der Waals surface area contributed by atoms with Crippen molar-refractivity contribution in [2.45, 2.75) is 37.7 Å². The molecule has 1 aromatic heterocycles. The fraction of sp³-hybridized carbons (Fsp3) is 0.333. The minimum atomic E-state index is -1.89. The molecule has 2 aromatic rings. The topological polar surface area (TPSA) is 45.9 Å². The van der Waals surface area contributed by atoms with Gasteiger partial charge in [-0.25, -0.2) is 0 Å². The van der Waals surface area contributed by atoms with Gasteiger partial charge in [0, 0.05) is 18.5 Å². The van der Waals surface area contributed by atoms with Gasteiger partial charge in [0.25, 0.3) is 0 Å². The van der Waals surface area contributed by atoms with Crippen molar-refractivity contribution in [3.05, 3.63) is 58.3 Å². The number of pyridine rings is 1. The van der Waals surface area contributed by atoms with Gasteiger partial charge in [-0.1, -0.05) is 48.9 Å². The van der Waals surface area contributed by atoms with E-state index in [4.69, 9.17) is 27.9 Å². The fourth-order valence-corrected chi connectivity index (χ4v) is 5.53. The first-order valence-electron chi connectivity index (χ1n) is 7.62. The molecule has 3 nitrogen and oxygen atoms in total. The molecule has 0 aliphatic rings. The average molecular weight is 379 g/mol. The molecule has 0 spiro atoms. The number of hydrogen-bond donors (Lipinski definition) is 0. The van der Waals surface area contributed by atoms with E-state index in [1.54, 1.807) is 30.6 Å². The van der Waals surface area contributed by atoms with Gasteiger partial charge in [-0.3, -0.25) is 4.98 Å². The first kappa shape index (κ1) is 18.8. The summed E-state index contributed by atoms with van der Waals surface area (Å²) in [5.41, 5.74) is -0.249. The number of ether oxygens (including phenoxy) is 1. The van der Waals surface area contributed by atoms with Gasteiger partial charge in [0.15, 0.2) is 0 Å². The predicted octanol–water partition coefficient (Wildman–Crippen LogP) is 5.49. The number of benzene rings is 1. The zero-order chi connectivity index (χ0) is 18.0. The molecule has 0 amide bonds. The lowest BCUT2D eigenvalue weighted by atomic mass is 9.85. The summed E-state index contributed by atoms with van der Waals surface area (Å²) in [4.78, 5) is 4.17. The molecule has 2 unspecified atom stereocenters. The Bertz CT molecular complexity index is 756. The highest BCUT2D eigenvalue weighted by Gasteiger charge is 2.46. The SMILES string of the molecule is CC(C#N)(c1cccnc1)C(Oc1ccc(Cl)c(Cl)c1)[Si](C)(C)C. The third-order valence-corrected chi connectivity index (χ3v) is 6.96. The van der Waals surface area contributed by atoms with Crippen LogP contribution < -0.4 is 4.74 Å². The van der Waals surface area contributed by atoms with Crippen molar-refractivity contribution in [1.29, 1.82) is 5.26 Å². The minimum Gasteiger partial charge on any atom is -0.492 e. The maximum atomic E-state index is 9.97. The predicted molar refractivity (Wildman–Crippen MR) is 101 cm³/mol. The van der Waals surface area contributed by atoms with Crippen LogP contribution in [0.4, 0.5) is 0 Å². The highest BCUT2D eigenvalue weighted by molar-refractivity contribution is 6.77. The molecule has 126 valence electrons. The summed E-state index contributed by atoms with van der Waals surface area (Å²) in [6.45, 7) is 8.45. The van der Waals surface area contributed by atoms with Crippen LogP contribution in [-0.2, 0) is 5.41 Å². The van der Waals surface area contributed by atoms with E-state index < -0.39 is 13.5 Å². The first-order chi connectivity index (χ1) is 11.2. The van der Waals surface area contributed by atoms with Crippen molar-refractivity contribution in [3.63, 3.8) is 0 Å². The molecule has 1 aromatic carbocycles. The number of hydrogen-bond acceptors (Lipinski definition) is 3. The van der Waals surface area contributed by atoms with E-state index in [2.05, 4.69) is 30.7 Å². The smallest absolute Gasteiger partial charge is 0.120 e. The summed E-state index contributed by atoms with van der Waals surface area (Å²) in [5.74, 6) is 0.613. The van der Waals surface area contributed by atoms with Crippen LogP contribution >= 0.6 is 23.2 Å². The quantitative estimate of drug-likeness (QED) is 0.645. The Balaban J connectivity index is 2.48. The Morgan fingerprint density at radius 1 is 1.21 bits per heavy atom. The second kappa shape index (κ2) is 7.14. The lowest BCUT2D eigenvalue weighted by molar-refractivity contribution is 0.209. The molecule has 2 rings (SSSR count). The van der Waals surface area contributed by atoms with Crippen LogP contribution in [0.25, 0.3) is 0 Å². The molecule has 24 heavy (non-hydrogen) atoms. The standard InChI is InChI=1S/C18H20Cl2N2OSi/c1-18(12-21,13-6-5-9-22-11-13)17(24(2,3)4)23-14-7-8-15(19)16(20)10-14/h5-11,17H,1-4H3. The van der Waals surface area contributed by atoms with Gasteiger partial charge in [-0.15, -0.1) is 0 Å². The summed E-state index contributed by atoms with van der Waals surface area (Å²) in [6.07, 6.45) is 3.43. The summed E-state index contributed by atoms with van der Waals surface area (Å²) in [5, 5.41) is 10.9. The highest BCUT2D eigenvalue weighted by atomic mass is 35.5. The van der Waals surface area contributed by atoms with Crippen molar-refractivity contribution in [2.24, 2.45) is 0 Å². The van der Waals surface area contributed by atoms with E-state index in [0.29, 0.717) is 15.8 Å². The zero-order valence-electron chi connectivity index (χ0n) is 14.2. The molecule has 0 aliphatic heterocycles. The molecular weight excluding hydrogens is 359 g/mol. The van der Waals surface area contributed by atoms with Crippen molar-refractivity contribution in [2.75, 3.05) is 0 Å². The van der Waals surface area contributed by atoms with E-state index in [1.165, 1.54) is 0 Å². The second-order valence-electron chi connectivity index (χ2n) is 7.00. The largest absolute Gasteiger partial charge is 0.492 e. The third-order valence-electron chi connectivity index (χ3n) is 3.95. The molecule has 0 fully saturated rings. The van der Waals surface area contributed by atoms with Crippen molar-refractivity contribution in [1.82, 2.24) is 4.98 Å². The molecule has 0 bridgehead atoms. The monoisotopic (exact) mass is 378 g/mol. The maximum Gasteiger partial charge on any atom is 0.120 e. The van der Waals surface area contributed by atoms with Crippen LogP contribution in [0, 0.1) is 11.3 Å². The van der Waals surface area contributed by atoms with Gasteiger partial charge in [-0.2, -0.15) is 5.26 Å². The van der Waals surface area contributed by atoms with Gasteiger partial charge in [0.2, 0.25) is 0 Å². The second-order valence-corrected chi connectivity index (χ2v) is 13.1. The van der Waals surface area contributed by atoms with E-state index >= 15 is 0 Å². The summed E-state index contributed by atoms with van der Waals surface area (Å²) < 4.78 is 6.29. The Kier molecular flexibility index (Phi) is 5.59. The van der Waals surface area contributed by atoms with E-state index in [-0.39, 0.29) is 5.73 Å².